The average molecular weight is 235 g/mol. The third kappa shape index (κ3) is 2.82. The van der Waals surface area contributed by atoms with E-state index in [0.29, 0.717) is 11.8 Å². The van der Waals surface area contributed by atoms with Crippen molar-refractivity contribution in [1.82, 2.24) is 9.55 Å². The maximum atomic E-state index is 6.23. The van der Waals surface area contributed by atoms with Crippen LogP contribution in [0.1, 0.15) is 58.1 Å². The summed E-state index contributed by atoms with van der Waals surface area (Å²) in [4.78, 5) is 4.56. The van der Waals surface area contributed by atoms with E-state index in [1.54, 1.807) is 0 Å². The van der Waals surface area contributed by atoms with Crippen LogP contribution in [0.3, 0.4) is 0 Å². The van der Waals surface area contributed by atoms with Crippen LogP contribution in [0.2, 0.25) is 0 Å². The van der Waals surface area contributed by atoms with Gasteiger partial charge in [-0.3, -0.25) is 0 Å². The number of hydrogen-bond donors (Lipinski definition) is 1. The summed E-state index contributed by atoms with van der Waals surface area (Å²) < 4.78 is 2.11. The monoisotopic (exact) mass is 235 g/mol. The summed E-state index contributed by atoms with van der Waals surface area (Å²) in [6, 6.07) is 0. The average Bonchev–Trinajstić information content (AvgIpc) is 2.60. The van der Waals surface area contributed by atoms with Gasteiger partial charge in [-0.25, -0.2) is 4.98 Å². The summed E-state index contributed by atoms with van der Waals surface area (Å²) in [6.45, 7) is 7.73. The molecule has 0 aromatic carbocycles. The lowest BCUT2D eigenvalue weighted by Crippen LogP contribution is -2.14. The van der Waals surface area contributed by atoms with Gasteiger partial charge < -0.3 is 10.3 Å². The molecule has 3 heteroatoms. The summed E-state index contributed by atoms with van der Waals surface area (Å²) >= 11 is 0. The van der Waals surface area contributed by atoms with E-state index in [4.69, 9.17) is 5.73 Å². The van der Waals surface area contributed by atoms with Gasteiger partial charge >= 0.3 is 0 Å². The van der Waals surface area contributed by atoms with Crippen molar-refractivity contribution in [2.24, 2.45) is 11.8 Å². The van der Waals surface area contributed by atoms with Crippen LogP contribution in [-0.4, -0.2) is 9.55 Å². The van der Waals surface area contributed by atoms with Crippen molar-refractivity contribution < 1.29 is 0 Å². The Morgan fingerprint density at radius 2 is 2.24 bits per heavy atom. The maximum Gasteiger partial charge on any atom is 0.126 e. The van der Waals surface area contributed by atoms with Gasteiger partial charge in [0.05, 0.1) is 12.0 Å². The molecule has 0 amide bonds. The molecule has 1 fully saturated rings. The Bertz CT molecular complexity index is 368. The summed E-state index contributed by atoms with van der Waals surface area (Å²) in [7, 11) is 0. The van der Waals surface area contributed by atoms with Crippen molar-refractivity contribution in [3.05, 3.63) is 12.0 Å². The zero-order chi connectivity index (χ0) is 12.4. The van der Waals surface area contributed by atoms with E-state index in [2.05, 4.69) is 30.3 Å². The normalized spacial score (nSPS) is 25.4. The molecule has 2 rings (SSSR count). The number of nitrogen functional groups attached to an aromatic ring is 1. The molecule has 2 unspecified atom stereocenters. The molecular weight excluding hydrogens is 210 g/mol. The number of nitrogens with zero attached hydrogens (tertiary/aromatic N) is 2. The highest BCUT2D eigenvalue weighted by Crippen LogP contribution is 2.37. The lowest BCUT2D eigenvalue weighted by Gasteiger charge is -2.25. The van der Waals surface area contributed by atoms with E-state index in [9.17, 15) is 0 Å². The number of aromatic nitrogens is 2. The number of hydrogen-bond acceptors (Lipinski definition) is 2. The van der Waals surface area contributed by atoms with Crippen LogP contribution in [0.4, 0.5) is 5.82 Å². The van der Waals surface area contributed by atoms with Crippen LogP contribution in [-0.2, 0) is 6.54 Å². The summed E-state index contributed by atoms with van der Waals surface area (Å²) in [5.74, 6) is 2.93. The standard InChI is InChI=1S/C14H25N3/c1-10(2)8-17-9-16-13(14(17)15)12-6-4-5-11(3)7-12/h9-12H,4-8,15H2,1-3H3. The first kappa shape index (κ1) is 12.5. The molecule has 3 nitrogen and oxygen atoms in total. The predicted octanol–water partition coefficient (Wildman–Crippen LogP) is 3.42. The molecule has 0 aliphatic heterocycles. The Labute approximate surface area is 104 Å². The third-order valence-corrected chi connectivity index (χ3v) is 3.79. The Morgan fingerprint density at radius 1 is 1.47 bits per heavy atom. The van der Waals surface area contributed by atoms with Gasteiger partial charge in [-0.15, -0.1) is 0 Å². The fraction of sp³-hybridized carbons (Fsp3) is 0.786. The molecule has 17 heavy (non-hydrogen) atoms. The van der Waals surface area contributed by atoms with Crippen molar-refractivity contribution in [2.75, 3.05) is 5.73 Å². The van der Waals surface area contributed by atoms with Gasteiger partial charge in [0, 0.05) is 12.5 Å². The summed E-state index contributed by atoms with van der Waals surface area (Å²) in [6.07, 6.45) is 7.12. The van der Waals surface area contributed by atoms with Crippen molar-refractivity contribution in [1.29, 1.82) is 0 Å². The zero-order valence-electron chi connectivity index (χ0n) is 11.3. The van der Waals surface area contributed by atoms with Crippen molar-refractivity contribution in [3.8, 4) is 0 Å². The minimum Gasteiger partial charge on any atom is -0.384 e. The Morgan fingerprint density at radius 3 is 2.88 bits per heavy atom. The molecule has 1 aromatic heterocycles. The fourth-order valence-corrected chi connectivity index (χ4v) is 2.94. The van der Waals surface area contributed by atoms with E-state index in [1.807, 2.05) is 6.33 Å². The fourth-order valence-electron chi connectivity index (χ4n) is 2.94. The molecule has 0 radical (unpaired) electrons. The molecule has 0 bridgehead atoms. The van der Waals surface area contributed by atoms with E-state index < -0.39 is 0 Å². The number of anilines is 1. The van der Waals surface area contributed by atoms with Crippen molar-refractivity contribution in [2.45, 2.75) is 58.9 Å². The first-order valence-corrected chi connectivity index (χ1v) is 6.88. The lowest BCUT2D eigenvalue weighted by molar-refractivity contribution is 0.341. The zero-order valence-corrected chi connectivity index (χ0v) is 11.3. The first-order chi connectivity index (χ1) is 8.08. The highest BCUT2D eigenvalue weighted by Gasteiger charge is 2.24. The Hall–Kier alpha value is -0.990. The number of imidazole rings is 1. The quantitative estimate of drug-likeness (QED) is 0.872. The van der Waals surface area contributed by atoms with E-state index in [-0.39, 0.29) is 0 Å². The van der Waals surface area contributed by atoms with E-state index in [1.165, 1.54) is 25.7 Å². The van der Waals surface area contributed by atoms with Crippen LogP contribution >= 0.6 is 0 Å². The molecule has 2 N–H and O–H groups in total. The number of nitrogens with two attached hydrogens (primary N) is 1. The lowest BCUT2D eigenvalue weighted by atomic mass is 9.81. The summed E-state index contributed by atoms with van der Waals surface area (Å²) in [5, 5.41) is 0. The number of rotatable bonds is 3. The second kappa shape index (κ2) is 5.11. The molecular formula is C14H25N3. The second-order valence-corrected chi connectivity index (χ2v) is 6.03. The third-order valence-electron chi connectivity index (χ3n) is 3.79. The van der Waals surface area contributed by atoms with Crippen molar-refractivity contribution in [3.63, 3.8) is 0 Å². The Balaban J connectivity index is 2.13. The first-order valence-electron chi connectivity index (χ1n) is 6.88. The van der Waals surface area contributed by atoms with Gasteiger partial charge in [0.15, 0.2) is 0 Å². The molecule has 0 saturated heterocycles. The summed E-state index contributed by atoms with van der Waals surface area (Å²) in [5.41, 5.74) is 7.38. The predicted molar refractivity (Wildman–Crippen MR) is 71.9 cm³/mol. The molecule has 2 atom stereocenters. The van der Waals surface area contributed by atoms with Gasteiger partial charge in [0.1, 0.15) is 5.82 Å². The molecule has 1 aliphatic rings. The Kier molecular flexibility index (Phi) is 3.75. The van der Waals surface area contributed by atoms with Crippen LogP contribution in [0.5, 0.6) is 0 Å². The second-order valence-electron chi connectivity index (χ2n) is 6.03. The molecule has 1 heterocycles. The minimum absolute atomic E-state index is 0.590. The minimum atomic E-state index is 0.590. The van der Waals surface area contributed by atoms with E-state index >= 15 is 0 Å². The smallest absolute Gasteiger partial charge is 0.126 e. The van der Waals surface area contributed by atoms with Gasteiger partial charge in [-0.05, 0) is 24.7 Å². The van der Waals surface area contributed by atoms with Crippen LogP contribution in [0, 0.1) is 11.8 Å². The molecule has 1 aliphatic carbocycles. The SMILES string of the molecule is CC(C)Cn1cnc(C2CCCC(C)C2)c1N. The van der Waals surface area contributed by atoms with Gasteiger partial charge in [-0.1, -0.05) is 33.6 Å². The van der Waals surface area contributed by atoms with Crippen molar-refractivity contribution >= 4 is 5.82 Å². The topological polar surface area (TPSA) is 43.8 Å². The largest absolute Gasteiger partial charge is 0.384 e. The molecule has 1 aromatic rings. The highest BCUT2D eigenvalue weighted by molar-refractivity contribution is 5.38. The molecule has 0 spiro atoms. The van der Waals surface area contributed by atoms with Crippen LogP contribution < -0.4 is 5.73 Å². The van der Waals surface area contributed by atoms with Crippen LogP contribution in [0.15, 0.2) is 6.33 Å². The molecule has 1 saturated carbocycles. The molecule has 96 valence electrons. The maximum absolute atomic E-state index is 6.23. The van der Waals surface area contributed by atoms with Gasteiger partial charge in [-0.2, -0.15) is 0 Å². The van der Waals surface area contributed by atoms with Gasteiger partial charge in [0.25, 0.3) is 0 Å². The van der Waals surface area contributed by atoms with Crippen LogP contribution in [0.25, 0.3) is 0 Å². The highest BCUT2D eigenvalue weighted by atomic mass is 15.1. The van der Waals surface area contributed by atoms with Gasteiger partial charge in [0.2, 0.25) is 0 Å². The van der Waals surface area contributed by atoms with E-state index in [0.717, 1.165) is 24.0 Å².